The zero-order valence-electron chi connectivity index (χ0n) is 22.7. The lowest BCUT2D eigenvalue weighted by Crippen LogP contribution is -2.44. The number of pyridine rings is 1. The number of nitrogens with one attached hydrogen (secondary N) is 1. The average molecular weight is 587 g/mol. The Kier molecular flexibility index (Phi) is 7.51. The monoisotopic (exact) mass is 586 g/mol. The second kappa shape index (κ2) is 10.8. The first-order chi connectivity index (χ1) is 19.3. The van der Waals surface area contributed by atoms with Crippen molar-refractivity contribution in [3.8, 4) is 11.1 Å². The zero-order valence-corrected chi connectivity index (χ0v) is 23.6. The van der Waals surface area contributed by atoms with Gasteiger partial charge < -0.3 is 15.1 Å². The summed E-state index contributed by atoms with van der Waals surface area (Å²) in [5, 5.41) is 3.49. The summed E-state index contributed by atoms with van der Waals surface area (Å²) in [4.78, 5) is 26.4. The van der Waals surface area contributed by atoms with Crippen molar-refractivity contribution in [3.05, 3.63) is 70.6 Å². The van der Waals surface area contributed by atoms with Gasteiger partial charge in [0.2, 0.25) is 5.95 Å². The number of hydrogen-bond acceptors (Lipinski definition) is 8. The molecule has 3 heterocycles. The number of fused-ring (bicyclic) bond motifs is 1. The fourth-order valence-corrected chi connectivity index (χ4v) is 5.53. The summed E-state index contributed by atoms with van der Waals surface area (Å²) in [6, 6.07) is 11.8. The van der Waals surface area contributed by atoms with E-state index in [4.69, 9.17) is 0 Å². The number of alkyl halides is 3. The van der Waals surface area contributed by atoms with E-state index in [0.717, 1.165) is 55.9 Å². The molecule has 0 saturated carbocycles. The summed E-state index contributed by atoms with van der Waals surface area (Å²) in [6.07, 6.45) is -2.62. The van der Waals surface area contributed by atoms with E-state index in [-0.39, 0.29) is 23.7 Å². The molecule has 9 nitrogen and oxygen atoms in total. The lowest BCUT2D eigenvalue weighted by molar-refractivity contribution is -0.137. The summed E-state index contributed by atoms with van der Waals surface area (Å²) in [7, 11) is -1.80. The van der Waals surface area contributed by atoms with Gasteiger partial charge >= 0.3 is 6.18 Å². The van der Waals surface area contributed by atoms with E-state index in [1.807, 2.05) is 24.3 Å². The van der Waals surface area contributed by atoms with Crippen LogP contribution in [0.2, 0.25) is 0 Å². The highest BCUT2D eigenvalue weighted by Gasteiger charge is 2.35. The van der Waals surface area contributed by atoms with Crippen LogP contribution in [0, 0.1) is 0 Å². The predicted molar refractivity (Wildman–Crippen MR) is 152 cm³/mol. The normalized spacial score (nSPS) is 14.9. The molecule has 216 valence electrons. The van der Waals surface area contributed by atoms with Crippen molar-refractivity contribution in [3.63, 3.8) is 0 Å². The SMILES string of the molecule is CCn1c(=O)c(-c2ccc(S(C)(=O)=O)cc2C(F)(F)F)cc2cnc(Nc3ccc(N4CCN(C)CC4)cc3)nc21. The molecular formula is C28H29F3N6O3S. The van der Waals surface area contributed by atoms with Crippen molar-refractivity contribution in [1.82, 2.24) is 19.4 Å². The summed E-state index contributed by atoms with van der Waals surface area (Å²) >= 11 is 0. The molecule has 1 N–H and O–H groups in total. The molecule has 0 spiro atoms. The van der Waals surface area contributed by atoms with E-state index in [1.165, 1.54) is 16.8 Å². The van der Waals surface area contributed by atoms with Crippen molar-refractivity contribution >= 4 is 38.2 Å². The predicted octanol–water partition coefficient (Wildman–Crippen LogP) is 4.40. The number of anilines is 3. The Labute approximate surface area is 235 Å². The minimum atomic E-state index is -4.89. The largest absolute Gasteiger partial charge is 0.417 e. The first-order valence-corrected chi connectivity index (χ1v) is 14.9. The van der Waals surface area contributed by atoms with Crippen LogP contribution in [0.5, 0.6) is 0 Å². The molecule has 13 heteroatoms. The van der Waals surface area contributed by atoms with Crippen molar-refractivity contribution in [2.45, 2.75) is 24.5 Å². The molecule has 1 aliphatic heterocycles. The number of aromatic nitrogens is 3. The molecule has 0 aliphatic carbocycles. The van der Waals surface area contributed by atoms with E-state index in [2.05, 4.69) is 32.1 Å². The van der Waals surface area contributed by atoms with Gasteiger partial charge in [-0.1, -0.05) is 6.07 Å². The number of aryl methyl sites for hydroxylation is 1. The third kappa shape index (κ3) is 5.91. The lowest BCUT2D eigenvalue weighted by atomic mass is 9.99. The second-order valence-electron chi connectivity index (χ2n) is 10.0. The Morgan fingerprint density at radius 1 is 0.976 bits per heavy atom. The molecule has 0 radical (unpaired) electrons. The Bertz CT molecular complexity index is 1760. The highest BCUT2D eigenvalue weighted by molar-refractivity contribution is 7.90. The van der Waals surface area contributed by atoms with Gasteiger partial charge in [0, 0.05) is 67.5 Å². The second-order valence-corrected chi connectivity index (χ2v) is 12.0. The number of rotatable bonds is 6. The summed E-state index contributed by atoms with van der Waals surface area (Å²) in [5.41, 5.74) is -0.424. The number of sulfone groups is 1. The molecule has 0 bridgehead atoms. The molecule has 0 atom stereocenters. The van der Waals surface area contributed by atoms with Crippen molar-refractivity contribution in [2.24, 2.45) is 0 Å². The van der Waals surface area contributed by atoms with E-state index >= 15 is 0 Å². The number of hydrogen-bond donors (Lipinski definition) is 1. The van der Waals surface area contributed by atoms with Crippen molar-refractivity contribution in [2.75, 3.05) is 49.7 Å². The van der Waals surface area contributed by atoms with Gasteiger partial charge in [0.05, 0.1) is 10.5 Å². The highest BCUT2D eigenvalue weighted by atomic mass is 32.2. The van der Waals surface area contributed by atoms with Gasteiger partial charge in [-0.2, -0.15) is 18.2 Å². The van der Waals surface area contributed by atoms with Crippen LogP contribution in [0.3, 0.4) is 0 Å². The molecule has 41 heavy (non-hydrogen) atoms. The molecule has 1 fully saturated rings. The maximum atomic E-state index is 14.0. The average Bonchev–Trinajstić information content (AvgIpc) is 2.92. The molecule has 2 aromatic heterocycles. The number of piperazine rings is 1. The van der Waals surface area contributed by atoms with Gasteiger partial charge in [-0.3, -0.25) is 9.36 Å². The Hall–Kier alpha value is -3.97. The minimum Gasteiger partial charge on any atom is -0.369 e. The molecule has 4 aromatic rings. The first-order valence-electron chi connectivity index (χ1n) is 13.0. The van der Waals surface area contributed by atoms with Crippen molar-refractivity contribution in [1.29, 1.82) is 0 Å². The van der Waals surface area contributed by atoms with E-state index in [9.17, 15) is 26.4 Å². The molecule has 1 aliphatic rings. The minimum absolute atomic E-state index is 0.141. The molecule has 1 saturated heterocycles. The third-order valence-corrected chi connectivity index (χ3v) is 8.26. The zero-order chi connectivity index (χ0) is 29.5. The van der Waals surface area contributed by atoms with Gasteiger partial charge in [-0.05, 0) is 62.0 Å². The maximum absolute atomic E-state index is 14.0. The van der Waals surface area contributed by atoms with Gasteiger partial charge in [0.25, 0.3) is 5.56 Å². The fraction of sp³-hybridized carbons (Fsp3) is 0.321. The van der Waals surface area contributed by atoms with E-state index in [1.54, 1.807) is 6.92 Å². The van der Waals surface area contributed by atoms with Crippen LogP contribution in [0.25, 0.3) is 22.2 Å². The number of likely N-dealkylation sites (N-methyl/N-ethyl adjacent to an activating group) is 1. The van der Waals surface area contributed by atoms with Crippen LogP contribution in [0.4, 0.5) is 30.5 Å². The summed E-state index contributed by atoms with van der Waals surface area (Å²) < 4.78 is 67.1. The lowest BCUT2D eigenvalue weighted by Gasteiger charge is -2.34. The maximum Gasteiger partial charge on any atom is 0.417 e. The highest BCUT2D eigenvalue weighted by Crippen LogP contribution is 2.38. The number of benzene rings is 2. The standard InChI is InChI=1S/C28H29F3N6O3S/c1-4-37-25-18(15-23(26(37)38)22-10-9-21(41(3,39)40)16-24(22)28(29,30)31)17-32-27(34-25)33-19-5-7-20(8-6-19)36-13-11-35(2)12-14-36/h5-10,15-17H,4,11-14H2,1-3H3,(H,32,33,34). The molecular weight excluding hydrogens is 557 g/mol. The van der Waals surface area contributed by atoms with Crippen LogP contribution in [-0.4, -0.2) is 67.3 Å². The molecule has 5 rings (SSSR count). The van der Waals surface area contributed by atoms with Crippen LogP contribution in [-0.2, 0) is 22.6 Å². The Balaban J connectivity index is 1.50. The van der Waals surface area contributed by atoms with Crippen LogP contribution < -0.4 is 15.8 Å². The van der Waals surface area contributed by atoms with E-state index < -0.39 is 37.6 Å². The van der Waals surface area contributed by atoms with Gasteiger partial charge in [-0.25, -0.2) is 13.4 Å². The van der Waals surface area contributed by atoms with Gasteiger partial charge in [-0.15, -0.1) is 0 Å². The van der Waals surface area contributed by atoms with E-state index in [0.29, 0.717) is 11.5 Å². The Morgan fingerprint density at radius 3 is 2.27 bits per heavy atom. The van der Waals surface area contributed by atoms with Crippen LogP contribution in [0.1, 0.15) is 12.5 Å². The summed E-state index contributed by atoms with van der Waals surface area (Å²) in [6.45, 7) is 5.71. The molecule has 0 amide bonds. The van der Waals surface area contributed by atoms with Gasteiger partial charge in [0.1, 0.15) is 5.65 Å². The quantitative estimate of drug-likeness (QED) is 0.355. The fourth-order valence-electron chi connectivity index (χ4n) is 4.88. The van der Waals surface area contributed by atoms with Crippen molar-refractivity contribution < 1.29 is 21.6 Å². The summed E-state index contributed by atoms with van der Waals surface area (Å²) in [5.74, 6) is 0.229. The number of nitrogens with zero attached hydrogens (tertiary/aromatic N) is 5. The third-order valence-electron chi connectivity index (χ3n) is 7.15. The molecule has 0 unspecified atom stereocenters. The smallest absolute Gasteiger partial charge is 0.369 e. The van der Waals surface area contributed by atoms with Crippen LogP contribution in [0.15, 0.2) is 64.4 Å². The molecule has 2 aromatic carbocycles. The van der Waals surface area contributed by atoms with Gasteiger partial charge in [0.15, 0.2) is 9.84 Å². The Morgan fingerprint density at radius 2 is 1.66 bits per heavy atom. The van der Waals surface area contributed by atoms with Crippen LogP contribution >= 0.6 is 0 Å². The number of halogens is 3. The topological polar surface area (TPSA) is 100 Å². The first kappa shape index (κ1) is 28.6.